The van der Waals surface area contributed by atoms with Crippen molar-refractivity contribution < 1.29 is 22.5 Å². The lowest BCUT2D eigenvalue weighted by Crippen LogP contribution is -2.30. The van der Waals surface area contributed by atoms with Gasteiger partial charge in [0.1, 0.15) is 5.75 Å². The summed E-state index contributed by atoms with van der Waals surface area (Å²) in [6.45, 7) is 6.41. The van der Waals surface area contributed by atoms with Crippen molar-refractivity contribution in [3.8, 4) is 5.75 Å². The second-order valence-corrected chi connectivity index (χ2v) is 8.87. The summed E-state index contributed by atoms with van der Waals surface area (Å²) in [5.41, 5.74) is 1.14. The Bertz CT molecular complexity index is 1160. The number of carbonyl (C=O) groups excluding carboxylic acids is 1. The molecule has 9 nitrogen and oxygen atoms in total. The van der Waals surface area contributed by atoms with E-state index in [0.717, 1.165) is 5.56 Å². The third kappa shape index (κ3) is 5.51. The Morgan fingerprint density at radius 2 is 1.78 bits per heavy atom. The molecule has 170 valence electrons. The summed E-state index contributed by atoms with van der Waals surface area (Å²) < 4.78 is 37.2. The average Bonchev–Trinajstić information content (AvgIpc) is 3.22. The van der Waals surface area contributed by atoms with Gasteiger partial charge in [0.15, 0.2) is 6.61 Å². The molecule has 2 aromatic carbocycles. The van der Waals surface area contributed by atoms with Gasteiger partial charge in [-0.15, -0.1) is 0 Å². The Kier molecular flexibility index (Phi) is 7.60. The number of aromatic nitrogens is 2. The van der Waals surface area contributed by atoms with Crippen molar-refractivity contribution in [2.75, 3.05) is 13.1 Å². The van der Waals surface area contributed by atoms with Crippen LogP contribution in [0, 0.1) is 6.92 Å². The highest BCUT2D eigenvalue weighted by Gasteiger charge is 2.21. The third-order valence-corrected chi connectivity index (χ3v) is 6.84. The van der Waals surface area contributed by atoms with E-state index in [1.807, 2.05) is 0 Å². The molecule has 0 aliphatic rings. The number of hydrogen-bond donors (Lipinski definition) is 1. The van der Waals surface area contributed by atoms with Crippen molar-refractivity contribution in [2.24, 2.45) is 0 Å². The van der Waals surface area contributed by atoms with Gasteiger partial charge in [0.25, 0.3) is 5.91 Å². The lowest BCUT2D eigenvalue weighted by Gasteiger charge is -2.18. The molecule has 0 aliphatic heterocycles. The fraction of sp³-hybridized carbons (Fsp3) is 0.318. The van der Waals surface area contributed by atoms with Crippen molar-refractivity contribution in [3.63, 3.8) is 0 Å². The van der Waals surface area contributed by atoms with Crippen LogP contribution in [0.4, 0.5) is 0 Å². The van der Waals surface area contributed by atoms with Crippen molar-refractivity contribution in [2.45, 2.75) is 38.8 Å². The van der Waals surface area contributed by atoms with Gasteiger partial charge in [0.2, 0.25) is 21.7 Å². The standard InChI is InChI=1S/C22H26N4O5S/c1-4-26(5-2)32(28,29)18-12-10-17(11-13-18)14-23-22(27)19-8-6-7-9-20(19)30-15-21-24-16(3)31-25-21/h6-13H,4-5,14-15H2,1-3H3,(H,23,27). The molecule has 0 atom stereocenters. The van der Waals surface area contributed by atoms with Crippen molar-refractivity contribution in [1.29, 1.82) is 0 Å². The molecule has 1 N–H and O–H groups in total. The van der Waals surface area contributed by atoms with Crippen molar-refractivity contribution >= 4 is 15.9 Å². The van der Waals surface area contributed by atoms with Crippen molar-refractivity contribution in [1.82, 2.24) is 19.8 Å². The Hall–Kier alpha value is -3.24. The molecule has 1 amide bonds. The molecule has 0 fully saturated rings. The topological polar surface area (TPSA) is 115 Å². The van der Waals surface area contributed by atoms with E-state index in [1.165, 1.54) is 4.31 Å². The van der Waals surface area contributed by atoms with Gasteiger partial charge in [-0.2, -0.15) is 9.29 Å². The lowest BCUT2D eigenvalue weighted by molar-refractivity contribution is 0.0946. The average molecular weight is 459 g/mol. The Morgan fingerprint density at radius 1 is 1.09 bits per heavy atom. The van der Waals surface area contributed by atoms with Crippen LogP contribution >= 0.6 is 0 Å². The maximum atomic E-state index is 12.7. The molecule has 0 saturated carbocycles. The van der Waals surface area contributed by atoms with Crippen LogP contribution in [0.5, 0.6) is 5.75 Å². The first-order valence-electron chi connectivity index (χ1n) is 10.2. The molecule has 1 aromatic heterocycles. The molecule has 1 heterocycles. The highest BCUT2D eigenvalue weighted by atomic mass is 32.2. The first-order chi connectivity index (χ1) is 15.3. The number of sulfonamides is 1. The number of hydrogen-bond acceptors (Lipinski definition) is 7. The van der Waals surface area contributed by atoms with Gasteiger partial charge < -0.3 is 14.6 Å². The quantitative estimate of drug-likeness (QED) is 0.497. The molecule has 0 saturated heterocycles. The molecular weight excluding hydrogens is 432 g/mol. The van der Waals surface area contributed by atoms with Gasteiger partial charge >= 0.3 is 0 Å². The first kappa shape index (κ1) is 23.4. The largest absolute Gasteiger partial charge is 0.485 e. The van der Waals surface area contributed by atoms with Gasteiger partial charge in [0, 0.05) is 26.6 Å². The van der Waals surface area contributed by atoms with Crippen LogP contribution in [0.1, 0.15) is 41.5 Å². The minimum absolute atomic E-state index is 0.0735. The zero-order valence-corrected chi connectivity index (χ0v) is 19.1. The first-order valence-corrected chi connectivity index (χ1v) is 11.7. The SMILES string of the molecule is CCN(CC)S(=O)(=O)c1ccc(CNC(=O)c2ccccc2OCc2noc(C)n2)cc1. The molecular formula is C22H26N4O5S. The molecule has 3 rings (SSSR count). The normalized spacial score (nSPS) is 11.5. The fourth-order valence-electron chi connectivity index (χ4n) is 3.09. The van der Waals surface area contributed by atoms with E-state index in [2.05, 4.69) is 15.5 Å². The summed E-state index contributed by atoms with van der Waals surface area (Å²) in [6, 6.07) is 13.4. The fourth-order valence-corrected chi connectivity index (χ4v) is 4.55. The molecule has 3 aromatic rings. The van der Waals surface area contributed by atoms with E-state index in [4.69, 9.17) is 9.26 Å². The Morgan fingerprint density at radius 3 is 2.41 bits per heavy atom. The molecule has 0 bridgehead atoms. The highest BCUT2D eigenvalue weighted by molar-refractivity contribution is 7.89. The van der Waals surface area contributed by atoms with E-state index < -0.39 is 10.0 Å². The molecule has 0 unspecified atom stereocenters. The number of nitrogens with zero attached hydrogens (tertiary/aromatic N) is 3. The van der Waals surface area contributed by atoms with E-state index in [-0.39, 0.29) is 24.0 Å². The van der Waals surface area contributed by atoms with Crippen LogP contribution in [-0.2, 0) is 23.2 Å². The molecule has 0 radical (unpaired) electrons. The zero-order chi connectivity index (χ0) is 23.1. The smallest absolute Gasteiger partial charge is 0.255 e. The molecule has 0 spiro atoms. The summed E-state index contributed by atoms with van der Waals surface area (Å²) >= 11 is 0. The summed E-state index contributed by atoms with van der Waals surface area (Å²) in [5.74, 6) is 0.904. The van der Waals surface area contributed by atoms with Gasteiger partial charge in [0.05, 0.1) is 10.5 Å². The minimum atomic E-state index is -3.51. The third-order valence-electron chi connectivity index (χ3n) is 4.78. The number of ether oxygens (including phenoxy) is 1. The summed E-state index contributed by atoms with van der Waals surface area (Å²) in [5, 5.41) is 6.60. The number of rotatable bonds is 10. The summed E-state index contributed by atoms with van der Waals surface area (Å²) in [4.78, 5) is 17.0. The number of aryl methyl sites for hydroxylation is 1. The van der Waals surface area contributed by atoms with Crippen LogP contribution in [0.3, 0.4) is 0 Å². The zero-order valence-electron chi connectivity index (χ0n) is 18.2. The second kappa shape index (κ2) is 10.4. The van der Waals surface area contributed by atoms with Gasteiger partial charge in [-0.25, -0.2) is 8.42 Å². The maximum Gasteiger partial charge on any atom is 0.255 e. The Labute approximate surface area is 187 Å². The molecule has 0 aliphatic carbocycles. The number of para-hydroxylation sites is 1. The van der Waals surface area contributed by atoms with Crippen LogP contribution < -0.4 is 10.1 Å². The molecule has 32 heavy (non-hydrogen) atoms. The Balaban J connectivity index is 1.63. The predicted octanol–water partition coefficient (Wildman–Crippen LogP) is 2.92. The van der Waals surface area contributed by atoms with Gasteiger partial charge in [-0.1, -0.05) is 43.3 Å². The minimum Gasteiger partial charge on any atom is -0.485 e. The van der Waals surface area contributed by atoms with E-state index in [0.29, 0.717) is 36.1 Å². The van der Waals surface area contributed by atoms with Crippen LogP contribution in [0.15, 0.2) is 57.9 Å². The van der Waals surface area contributed by atoms with Crippen LogP contribution in [0.25, 0.3) is 0 Å². The summed E-state index contributed by atoms with van der Waals surface area (Å²) in [7, 11) is -3.51. The van der Waals surface area contributed by atoms with Crippen molar-refractivity contribution in [3.05, 3.63) is 71.4 Å². The van der Waals surface area contributed by atoms with E-state index in [1.54, 1.807) is 69.3 Å². The summed E-state index contributed by atoms with van der Waals surface area (Å²) in [6.07, 6.45) is 0. The maximum absolute atomic E-state index is 12.7. The predicted molar refractivity (Wildman–Crippen MR) is 118 cm³/mol. The lowest BCUT2D eigenvalue weighted by atomic mass is 10.1. The van der Waals surface area contributed by atoms with Gasteiger partial charge in [-0.3, -0.25) is 4.79 Å². The van der Waals surface area contributed by atoms with E-state index in [9.17, 15) is 13.2 Å². The van der Waals surface area contributed by atoms with E-state index >= 15 is 0 Å². The van der Waals surface area contributed by atoms with Crippen LogP contribution in [-0.4, -0.2) is 41.9 Å². The monoisotopic (exact) mass is 458 g/mol. The number of benzene rings is 2. The highest BCUT2D eigenvalue weighted by Crippen LogP contribution is 2.20. The second-order valence-electron chi connectivity index (χ2n) is 6.93. The number of carbonyl (C=O) groups is 1. The number of nitrogens with one attached hydrogen (secondary N) is 1. The number of amides is 1. The van der Waals surface area contributed by atoms with Gasteiger partial charge in [-0.05, 0) is 29.8 Å². The molecule has 10 heteroatoms. The van der Waals surface area contributed by atoms with Crippen LogP contribution in [0.2, 0.25) is 0 Å².